The molecule has 2 aliphatic carbocycles. The van der Waals surface area contributed by atoms with Crippen LogP contribution in [0.25, 0.3) is 0 Å². The van der Waals surface area contributed by atoms with E-state index in [0.29, 0.717) is 0 Å². The van der Waals surface area contributed by atoms with Gasteiger partial charge in [-0.3, -0.25) is 0 Å². The molecular formula is C9H7Co-. The zero-order chi connectivity index (χ0) is 6.10. The molecule has 0 atom stereocenters. The molecule has 1 radical (unpaired) electrons. The summed E-state index contributed by atoms with van der Waals surface area (Å²) in [5, 5.41) is 0. The Hall–Kier alpha value is -0.534. The topological polar surface area (TPSA) is 0 Å². The maximum atomic E-state index is 3.24. The standard InChI is InChI=1S/C9H7.Co/c1-2-5-8(4-1)9-6-3-7-9;/h1,3-4,6-7H,2H2;/q-1;. The predicted molar refractivity (Wildman–Crippen MR) is 37.7 cm³/mol. The van der Waals surface area contributed by atoms with Crippen LogP contribution < -0.4 is 0 Å². The molecule has 0 nitrogen and oxygen atoms in total. The molecule has 0 spiro atoms. The van der Waals surface area contributed by atoms with E-state index in [1.807, 2.05) is 0 Å². The summed E-state index contributed by atoms with van der Waals surface area (Å²) < 4.78 is 0. The van der Waals surface area contributed by atoms with E-state index in [2.05, 4.69) is 36.5 Å². The van der Waals surface area contributed by atoms with E-state index in [0.717, 1.165) is 6.42 Å². The third-order valence-electron chi connectivity index (χ3n) is 1.56. The number of hydrogen-bond acceptors (Lipinski definition) is 0. The van der Waals surface area contributed by atoms with Gasteiger partial charge in [-0.1, -0.05) is 12.5 Å². The van der Waals surface area contributed by atoms with Gasteiger partial charge in [0.2, 0.25) is 0 Å². The fraction of sp³-hybridized carbons (Fsp3) is 0.111. The minimum absolute atomic E-state index is 0. The minimum atomic E-state index is 0. The van der Waals surface area contributed by atoms with Crippen LogP contribution in [0, 0.1) is 6.08 Å². The summed E-state index contributed by atoms with van der Waals surface area (Å²) in [7, 11) is 0. The fourth-order valence-corrected chi connectivity index (χ4v) is 0.975. The molecule has 0 saturated carbocycles. The summed E-state index contributed by atoms with van der Waals surface area (Å²) in [4.78, 5) is 0. The van der Waals surface area contributed by atoms with Crippen LogP contribution in [0.5, 0.6) is 0 Å². The van der Waals surface area contributed by atoms with Gasteiger partial charge in [0.05, 0.1) is 0 Å². The molecule has 0 aliphatic heterocycles. The summed E-state index contributed by atoms with van der Waals surface area (Å²) in [6.45, 7) is 0. The largest absolute Gasteiger partial charge is 0.197 e. The van der Waals surface area contributed by atoms with Gasteiger partial charge >= 0.3 is 0 Å². The molecule has 1 heteroatoms. The van der Waals surface area contributed by atoms with E-state index < -0.39 is 0 Å². The Bertz CT molecular complexity index is 241. The van der Waals surface area contributed by atoms with Crippen LogP contribution in [0.1, 0.15) is 6.42 Å². The van der Waals surface area contributed by atoms with Crippen LogP contribution >= 0.6 is 0 Å². The summed E-state index contributed by atoms with van der Waals surface area (Å²) >= 11 is 0. The van der Waals surface area contributed by atoms with E-state index in [-0.39, 0.29) is 16.8 Å². The molecule has 10 heavy (non-hydrogen) atoms. The maximum absolute atomic E-state index is 3.24. The second-order valence-electron chi connectivity index (χ2n) is 2.18. The third-order valence-corrected chi connectivity index (χ3v) is 1.56. The van der Waals surface area contributed by atoms with E-state index in [1.54, 1.807) is 0 Å². The first kappa shape index (κ1) is 7.57. The van der Waals surface area contributed by atoms with E-state index in [1.165, 1.54) is 11.1 Å². The molecule has 0 fully saturated rings. The van der Waals surface area contributed by atoms with E-state index >= 15 is 0 Å². The monoisotopic (exact) mass is 174 g/mol. The summed E-state index contributed by atoms with van der Waals surface area (Å²) in [5.41, 5.74) is 2.58. The van der Waals surface area contributed by atoms with Gasteiger partial charge in [0.15, 0.2) is 0 Å². The van der Waals surface area contributed by atoms with Crippen molar-refractivity contribution in [3.8, 4) is 0 Å². The fourth-order valence-electron chi connectivity index (χ4n) is 0.975. The molecule has 2 rings (SSSR count). The molecule has 0 aromatic heterocycles. The Kier molecular flexibility index (Phi) is 2.30. The molecule has 0 unspecified atom stereocenters. The van der Waals surface area contributed by atoms with Gasteiger partial charge in [-0.05, 0) is 0 Å². The number of rotatable bonds is 1. The van der Waals surface area contributed by atoms with Crippen LogP contribution in [0.3, 0.4) is 0 Å². The van der Waals surface area contributed by atoms with E-state index in [9.17, 15) is 0 Å². The SMILES string of the molecule is [C-]1=C(C2=CC=C2)C=CC1.[Co]. The van der Waals surface area contributed by atoms with Crippen molar-refractivity contribution in [3.05, 3.63) is 47.6 Å². The molecule has 0 heterocycles. The molecule has 0 aromatic rings. The average Bonchev–Trinajstić information content (AvgIpc) is 2.11. The third kappa shape index (κ3) is 1.15. The second kappa shape index (κ2) is 3.04. The van der Waals surface area contributed by atoms with Crippen LogP contribution in [-0.2, 0) is 16.8 Å². The van der Waals surface area contributed by atoms with Gasteiger partial charge in [-0.15, -0.1) is 23.8 Å². The normalized spacial score (nSPS) is 19.2. The number of allylic oxidation sites excluding steroid dienone is 8. The first-order valence-electron chi connectivity index (χ1n) is 3.13. The van der Waals surface area contributed by atoms with Crippen molar-refractivity contribution < 1.29 is 16.8 Å². The zero-order valence-electron chi connectivity index (χ0n) is 5.43. The first-order chi connectivity index (χ1) is 4.47. The van der Waals surface area contributed by atoms with Gasteiger partial charge in [-0.2, -0.15) is 17.7 Å². The van der Waals surface area contributed by atoms with Crippen molar-refractivity contribution >= 4 is 0 Å². The van der Waals surface area contributed by atoms with Gasteiger partial charge in [0, 0.05) is 16.8 Å². The second-order valence-corrected chi connectivity index (χ2v) is 2.18. The molecule has 0 aromatic carbocycles. The zero-order valence-corrected chi connectivity index (χ0v) is 6.47. The molecular weight excluding hydrogens is 167 g/mol. The Morgan fingerprint density at radius 3 is 2.50 bits per heavy atom. The quantitative estimate of drug-likeness (QED) is 0.534. The molecule has 0 N–H and O–H groups in total. The smallest absolute Gasteiger partial charge is 0 e. The predicted octanol–water partition coefficient (Wildman–Crippen LogP) is 2.17. The van der Waals surface area contributed by atoms with Crippen LogP contribution in [-0.4, -0.2) is 0 Å². The Morgan fingerprint density at radius 2 is 2.10 bits per heavy atom. The van der Waals surface area contributed by atoms with Crippen LogP contribution in [0.15, 0.2) is 41.5 Å². The maximum Gasteiger partial charge on any atom is 0 e. The molecule has 0 amide bonds. The summed E-state index contributed by atoms with van der Waals surface area (Å²) in [5.74, 6) is 0. The Balaban J connectivity index is 0.000000500. The summed E-state index contributed by atoms with van der Waals surface area (Å²) in [6, 6.07) is 0. The molecule has 53 valence electrons. The van der Waals surface area contributed by atoms with Gasteiger partial charge in [0.25, 0.3) is 0 Å². The molecule has 0 bridgehead atoms. The Labute approximate surface area is 71.2 Å². The summed E-state index contributed by atoms with van der Waals surface area (Å²) in [6.07, 6.45) is 14.7. The van der Waals surface area contributed by atoms with Crippen molar-refractivity contribution in [2.75, 3.05) is 0 Å². The van der Waals surface area contributed by atoms with Gasteiger partial charge < -0.3 is 0 Å². The van der Waals surface area contributed by atoms with Crippen molar-refractivity contribution in [3.63, 3.8) is 0 Å². The molecule has 0 saturated heterocycles. The van der Waals surface area contributed by atoms with Crippen molar-refractivity contribution in [2.24, 2.45) is 0 Å². The van der Waals surface area contributed by atoms with Gasteiger partial charge in [0.1, 0.15) is 0 Å². The van der Waals surface area contributed by atoms with Crippen molar-refractivity contribution in [1.82, 2.24) is 0 Å². The van der Waals surface area contributed by atoms with Crippen LogP contribution in [0.2, 0.25) is 0 Å². The van der Waals surface area contributed by atoms with Crippen molar-refractivity contribution in [1.29, 1.82) is 0 Å². The van der Waals surface area contributed by atoms with E-state index in [4.69, 9.17) is 0 Å². The first-order valence-corrected chi connectivity index (χ1v) is 3.13. The number of hydrogen-bond donors (Lipinski definition) is 0. The minimum Gasteiger partial charge on any atom is -0.197 e. The van der Waals surface area contributed by atoms with Crippen LogP contribution in [0.4, 0.5) is 0 Å². The Morgan fingerprint density at radius 1 is 1.30 bits per heavy atom. The molecule has 2 aliphatic rings. The average molecular weight is 174 g/mol. The van der Waals surface area contributed by atoms with Gasteiger partial charge in [-0.25, -0.2) is 0 Å². The van der Waals surface area contributed by atoms with Crippen molar-refractivity contribution in [2.45, 2.75) is 6.42 Å².